The van der Waals surface area contributed by atoms with Crippen molar-refractivity contribution in [3.63, 3.8) is 0 Å². The van der Waals surface area contributed by atoms with E-state index in [0.717, 1.165) is 50.4 Å². The van der Waals surface area contributed by atoms with Crippen LogP contribution in [0.1, 0.15) is 32.3 Å². The third-order valence-electron chi connectivity index (χ3n) is 5.60. The predicted molar refractivity (Wildman–Crippen MR) is 108 cm³/mol. The maximum absolute atomic E-state index is 13.2. The second kappa shape index (κ2) is 6.49. The first-order chi connectivity index (χ1) is 12.6. The van der Waals surface area contributed by atoms with E-state index < -0.39 is 10.8 Å². The molecule has 0 radical (unpaired) electrons. The third kappa shape index (κ3) is 2.63. The van der Waals surface area contributed by atoms with Gasteiger partial charge in [-0.15, -0.1) is 0 Å². The van der Waals surface area contributed by atoms with Crippen LogP contribution in [0.3, 0.4) is 0 Å². The molecule has 0 aliphatic carbocycles. The Morgan fingerprint density at radius 3 is 2.08 bits per heavy atom. The smallest absolute Gasteiger partial charge is 0.0862 e. The van der Waals surface area contributed by atoms with Crippen LogP contribution in [0.25, 0.3) is 22.3 Å². The molecule has 1 aliphatic rings. The minimum atomic E-state index is -1.16. The van der Waals surface area contributed by atoms with Gasteiger partial charge in [-0.3, -0.25) is 0 Å². The van der Waals surface area contributed by atoms with Gasteiger partial charge in [-0.25, -0.2) is 4.21 Å². The average molecular weight is 362 g/mol. The van der Waals surface area contributed by atoms with Crippen molar-refractivity contribution in [2.45, 2.75) is 42.0 Å². The summed E-state index contributed by atoms with van der Waals surface area (Å²) in [5.41, 5.74) is 11.7. The first-order valence-corrected chi connectivity index (χ1v) is 10.3. The Morgan fingerprint density at radius 1 is 0.808 bits per heavy atom. The minimum absolute atomic E-state index is 0.358. The van der Waals surface area contributed by atoms with Crippen LogP contribution >= 0.6 is 0 Å². The summed E-state index contributed by atoms with van der Waals surface area (Å²) in [6, 6.07) is 22.7. The maximum Gasteiger partial charge on any atom is 0.0862 e. The fourth-order valence-electron chi connectivity index (χ4n) is 3.69. The molecule has 132 valence electrons. The quantitative estimate of drug-likeness (QED) is 0.523. The van der Waals surface area contributed by atoms with E-state index in [1.807, 2.05) is 18.2 Å². The molecule has 0 bridgehead atoms. The fraction of sp³-hybridized carbons (Fsp3) is 0.217. The van der Waals surface area contributed by atoms with Gasteiger partial charge in [-0.05, 0) is 52.8 Å². The molecule has 3 heteroatoms. The van der Waals surface area contributed by atoms with Crippen molar-refractivity contribution in [2.75, 3.05) is 0 Å². The van der Waals surface area contributed by atoms with Crippen molar-refractivity contribution < 1.29 is 4.21 Å². The zero-order valence-corrected chi connectivity index (χ0v) is 16.0. The van der Waals surface area contributed by atoms with Gasteiger partial charge < -0.3 is 5.73 Å². The van der Waals surface area contributed by atoms with E-state index >= 15 is 0 Å². The molecule has 4 rings (SSSR count). The highest BCUT2D eigenvalue weighted by atomic mass is 32.2. The molecule has 0 saturated carbocycles. The molecule has 26 heavy (non-hydrogen) atoms. The van der Waals surface area contributed by atoms with Crippen LogP contribution < -0.4 is 5.73 Å². The average Bonchev–Trinajstić information content (AvgIpc) is 2.99. The molecular weight excluding hydrogens is 338 g/mol. The molecule has 1 unspecified atom stereocenters. The van der Waals surface area contributed by atoms with E-state index in [1.165, 1.54) is 0 Å². The van der Waals surface area contributed by atoms with Crippen molar-refractivity contribution in [2.24, 2.45) is 5.73 Å². The summed E-state index contributed by atoms with van der Waals surface area (Å²) < 4.78 is 13.2. The van der Waals surface area contributed by atoms with Crippen LogP contribution in [0.4, 0.5) is 0 Å². The molecule has 2 nitrogen and oxygen atoms in total. The monoisotopic (exact) mass is 361 g/mol. The molecule has 1 aliphatic heterocycles. The summed E-state index contributed by atoms with van der Waals surface area (Å²) in [6.45, 7) is 4.21. The lowest BCUT2D eigenvalue weighted by molar-refractivity contribution is 0.412. The molecule has 0 fully saturated rings. The second-order valence-corrected chi connectivity index (χ2v) is 8.34. The van der Waals surface area contributed by atoms with Gasteiger partial charge in [0.25, 0.3) is 0 Å². The Labute approximate surface area is 157 Å². The first kappa shape index (κ1) is 17.2. The molecule has 3 aromatic carbocycles. The molecule has 2 N–H and O–H groups in total. The number of hydrogen-bond donors (Lipinski definition) is 1. The van der Waals surface area contributed by atoms with Crippen molar-refractivity contribution in [1.29, 1.82) is 0 Å². The van der Waals surface area contributed by atoms with E-state index in [-0.39, 0.29) is 5.54 Å². The molecule has 0 amide bonds. The van der Waals surface area contributed by atoms with Crippen LogP contribution in [-0.4, -0.2) is 4.21 Å². The zero-order valence-electron chi connectivity index (χ0n) is 15.2. The Kier molecular flexibility index (Phi) is 4.29. The Bertz CT molecular complexity index is 990. The van der Waals surface area contributed by atoms with Gasteiger partial charge in [0.1, 0.15) is 0 Å². The fourth-order valence-corrected chi connectivity index (χ4v) is 5.15. The standard InChI is InChI=1S/C23H23NOS/c1-3-23(24,4-2)18-11-13-20-19-12-10-17(16-8-6-5-7-9-16)14-21(19)26(25)22(20)15-18/h5-15H,3-4,24H2,1-2H3. The van der Waals surface area contributed by atoms with Crippen molar-refractivity contribution in [3.05, 3.63) is 72.3 Å². The predicted octanol–water partition coefficient (Wildman–Crippen LogP) is 5.47. The normalized spacial score (nSPS) is 15.6. The van der Waals surface area contributed by atoms with E-state index in [9.17, 15) is 4.21 Å². The summed E-state index contributed by atoms with van der Waals surface area (Å²) in [5.74, 6) is 0. The number of nitrogens with two attached hydrogens (primary N) is 1. The van der Waals surface area contributed by atoms with Gasteiger partial charge in [0.2, 0.25) is 0 Å². The number of rotatable bonds is 4. The highest BCUT2D eigenvalue weighted by Crippen LogP contribution is 2.44. The van der Waals surface area contributed by atoms with Gasteiger partial charge in [0, 0.05) is 5.54 Å². The maximum atomic E-state index is 13.2. The molecule has 3 aromatic rings. The summed E-state index contributed by atoms with van der Waals surface area (Å²) in [7, 11) is -1.16. The zero-order chi connectivity index (χ0) is 18.3. The molecule has 1 heterocycles. The van der Waals surface area contributed by atoms with Crippen LogP contribution in [0.15, 0.2) is 76.5 Å². The van der Waals surface area contributed by atoms with Crippen LogP contribution in [0.5, 0.6) is 0 Å². The van der Waals surface area contributed by atoms with E-state index in [2.05, 4.69) is 62.4 Å². The van der Waals surface area contributed by atoms with E-state index in [1.54, 1.807) is 0 Å². The number of benzene rings is 3. The first-order valence-electron chi connectivity index (χ1n) is 9.12. The van der Waals surface area contributed by atoms with E-state index in [0.29, 0.717) is 0 Å². The van der Waals surface area contributed by atoms with Crippen molar-refractivity contribution >= 4 is 10.8 Å². The second-order valence-electron chi connectivity index (χ2n) is 6.92. The lowest BCUT2D eigenvalue weighted by Crippen LogP contribution is -2.35. The highest BCUT2D eigenvalue weighted by Gasteiger charge is 2.30. The van der Waals surface area contributed by atoms with Gasteiger partial charge in [0.05, 0.1) is 20.6 Å². The molecule has 0 saturated heterocycles. The highest BCUT2D eigenvalue weighted by molar-refractivity contribution is 7.85. The van der Waals surface area contributed by atoms with Gasteiger partial charge in [-0.1, -0.05) is 68.4 Å². The lowest BCUT2D eigenvalue weighted by atomic mass is 9.85. The summed E-state index contributed by atoms with van der Waals surface area (Å²) >= 11 is 0. The largest absolute Gasteiger partial charge is 0.321 e. The van der Waals surface area contributed by atoms with Crippen molar-refractivity contribution in [1.82, 2.24) is 0 Å². The SMILES string of the molecule is CCC(N)(CC)c1ccc2c(c1)S(=O)c1cc(-c3ccccc3)ccc1-2. The Balaban J connectivity index is 1.80. The molecule has 0 spiro atoms. The van der Waals surface area contributed by atoms with Crippen LogP contribution in [0, 0.1) is 0 Å². The van der Waals surface area contributed by atoms with Crippen LogP contribution in [0.2, 0.25) is 0 Å². The molecule has 0 aromatic heterocycles. The molecule has 1 atom stereocenters. The topological polar surface area (TPSA) is 43.1 Å². The number of fused-ring (bicyclic) bond motifs is 3. The van der Waals surface area contributed by atoms with Crippen molar-refractivity contribution in [3.8, 4) is 22.3 Å². The Morgan fingerprint density at radius 2 is 1.42 bits per heavy atom. The van der Waals surface area contributed by atoms with Gasteiger partial charge in [-0.2, -0.15) is 0 Å². The number of hydrogen-bond acceptors (Lipinski definition) is 2. The lowest BCUT2D eigenvalue weighted by Gasteiger charge is -2.27. The minimum Gasteiger partial charge on any atom is -0.321 e. The Hall–Kier alpha value is -2.23. The van der Waals surface area contributed by atoms with E-state index in [4.69, 9.17) is 5.73 Å². The summed E-state index contributed by atoms with van der Waals surface area (Å²) in [6.07, 6.45) is 1.72. The van der Waals surface area contributed by atoms with Crippen LogP contribution in [-0.2, 0) is 16.3 Å². The third-order valence-corrected chi connectivity index (χ3v) is 7.07. The molecular formula is C23H23NOS. The summed E-state index contributed by atoms with van der Waals surface area (Å²) in [4.78, 5) is 1.79. The van der Waals surface area contributed by atoms with Gasteiger partial charge in [0.15, 0.2) is 0 Å². The summed E-state index contributed by atoms with van der Waals surface area (Å²) in [5, 5.41) is 0. The van der Waals surface area contributed by atoms with Gasteiger partial charge >= 0.3 is 0 Å².